The largest absolute Gasteiger partial charge is 0.454 e. The van der Waals surface area contributed by atoms with Gasteiger partial charge >= 0.3 is 17.8 Å². The number of rotatable bonds is 5. The monoisotopic (exact) mass is 409 g/mol. The van der Waals surface area contributed by atoms with Gasteiger partial charge in [0, 0.05) is 36.2 Å². The van der Waals surface area contributed by atoms with Crippen LogP contribution in [0.25, 0.3) is 0 Å². The van der Waals surface area contributed by atoms with Gasteiger partial charge in [0.05, 0.1) is 13.2 Å². The maximum absolute atomic E-state index is 12.4. The molecule has 2 aliphatic rings. The molecular formula is C20H19N5O5. The Kier molecular flexibility index (Phi) is 4.81. The van der Waals surface area contributed by atoms with E-state index in [4.69, 9.17) is 18.6 Å². The molecule has 0 radical (unpaired) electrons. The number of fused-ring (bicyclic) bond motifs is 1. The van der Waals surface area contributed by atoms with Gasteiger partial charge in [-0.1, -0.05) is 5.10 Å². The number of aromatic nitrogens is 2. The van der Waals surface area contributed by atoms with Crippen LogP contribution in [0.1, 0.15) is 10.7 Å². The summed E-state index contributed by atoms with van der Waals surface area (Å²) in [6.07, 6.45) is 0. The third-order valence-electron chi connectivity index (χ3n) is 4.74. The van der Waals surface area contributed by atoms with Gasteiger partial charge in [0.2, 0.25) is 6.79 Å². The molecule has 1 fully saturated rings. The standard InChI is InChI=1S/C20H19N5O5/c26-18(21-13-1-4-15(5-2-13)25-7-9-27-10-8-25)19-23-24-20(30-19)22-14-3-6-16-17(11-14)29-12-28-16/h1-6,11H,7-10,12H2,(H,21,26)(H,22,24). The summed E-state index contributed by atoms with van der Waals surface area (Å²) >= 11 is 0. The number of carbonyl (C=O) groups excluding carboxylic acids is 1. The summed E-state index contributed by atoms with van der Waals surface area (Å²) in [5.41, 5.74) is 2.40. The fraction of sp³-hybridized carbons (Fsp3) is 0.250. The first-order valence-corrected chi connectivity index (χ1v) is 9.49. The summed E-state index contributed by atoms with van der Waals surface area (Å²) in [4.78, 5) is 14.7. The molecule has 30 heavy (non-hydrogen) atoms. The summed E-state index contributed by atoms with van der Waals surface area (Å²) in [5, 5.41) is 13.4. The third kappa shape index (κ3) is 3.85. The molecule has 0 unspecified atom stereocenters. The van der Waals surface area contributed by atoms with Crippen molar-refractivity contribution in [1.29, 1.82) is 0 Å². The number of carbonyl (C=O) groups is 1. The van der Waals surface area contributed by atoms with Crippen LogP contribution in [0.3, 0.4) is 0 Å². The Labute approximate surface area is 171 Å². The van der Waals surface area contributed by atoms with Gasteiger partial charge < -0.3 is 34.2 Å². The first-order valence-electron chi connectivity index (χ1n) is 9.49. The molecule has 1 saturated heterocycles. The van der Waals surface area contributed by atoms with E-state index in [-0.39, 0.29) is 18.7 Å². The van der Waals surface area contributed by atoms with Crippen LogP contribution in [-0.2, 0) is 4.74 Å². The van der Waals surface area contributed by atoms with E-state index in [1.54, 1.807) is 18.2 Å². The summed E-state index contributed by atoms with van der Waals surface area (Å²) in [7, 11) is 0. The minimum absolute atomic E-state index is 0.0988. The molecule has 1 amide bonds. The Bertz CT molecular complexity index is 1050. The minimum Gasteiger partial charge on any atom is -0.454 e. The molecule has 0 bridgehead atoms. The van der Waals surface area contributed by atoms with Crippen LogP contribution < -0.4 is 25.0 Å². The van der Waals surface area contributed by atoms with E-state index in [1.807, 2.05) is 24.3 Å². The van der Waals surface area contributed by atoms with Gasteiger partial charge in [-0.25, -0.2) is 0 Å². The van der Waals surface area contributed by atoms with Crippen LogP contribution in [0.4, 0.5) is 23.1 Å². The predicted octanol–water partition coefficient (Wildman–Crippen LogP) is 2.63. The molecule has 5 rings (SSSR count). The number of nitrogens with one attached hydrogen (secondary N) is 2. The van der Waals surface area contributed by atoms with Crippen LogP contribution >= 0.6 is 0 Å². The SMILES string of the molecule is O=C(Nc1ccc(N2CCOCC2)cc1)c1nnc(Nc2ccc3c(c2)OCO3)o1. The van der Waals surface area contributed by atoms with Crippen molar-refractivity contribution in [2.75, 3.05) is 48.6 Å². The summed E-state index contributed by atoms with van der Waals surface area (Å²) in [6, 6.07) is 13.0. The van der Waals surface area contributed by atoms with E-state index in [2.05, 4.69) is 25.7 Å². The van der Waals surface area contributed by atoms with Crippen molar-refractivity contribution in [1.82, 2.24) is 10.2 Å². The summed E-state index contributed by atoms with van der Waals surface area (Å²) in [6.45, 7) is 3.34. The number of ether oxygens (including phenoxy) is 3. The van der Waals surface area contributed by atoms with E-state index in [1.165, 1.54) is 0 Å². The highest BCUT2D eigenvalue weighted by Gasteiger charge is 2.18. The number of anilines is 4. The molecule has 10 heteroatoms. The van der Waals surface area contributed by atoms with Gasteiger partial charge in [-0.2, -0.15) is 0 Å². The fourth-order valence-corrected chi connectivity index (χ4v) is 3.22. The number of morpholine rings is 1. The zero-order valence-corrected chi connectivity index (χ0v) is 16.0. The van der Waals surface area contributed by atoms with Crippen molar-refractivity contribution in [3.8, 4) is 11.5 Å². The second-order valence-corrected chi connectivity index (χ2v) is 6.71. The highest BCUT2D eigenvalue weighted by atomic mass is 16.7. The Morgan fingerprint density at radius 1 is 0.933 bits per heavy atom. The molecule has 0 aliphatic carbocycles. The highest BCUT2D eigenvalue weighted by Crippen LogP contribution is 2.35. The van der Waals surface area contributed by atoms with E-state index in [0.717, 1.165) is 32.0 Å². The maximum atomic E-state index is 12.4. The van der Waals surface area contributed by atoms with E-state index in [9.17, 15) is 4.79 Å². The second-order valence-electron chi connectivity index (χ2n) is 6.71. The van der Waals surface area contributed by atoms with Gasteiger partial charge in [-0.05, 0) is 36.4 Å². The lowest BCUT2D eigenvalue weighted by Gasteiger charge is -2.28. The van der Waals surface area contributed by atoms with Crippen molar-refractivity contribution >= 4 is 29.0 Å². The number of hydrogen-bond acceptors (Lipinski definition) is 9. The Morgan fingerprint density at radius 3 is 2.53 bits per heavy atom. The van der Waals surface area contributed by atoms with E-state index in [0.29, 0.717) is 22.9 Å². The number of nitrogens with zero attached hydrogens (tertiary/aromatic N) is 3. The van der Waals surface area contributed by atoms with Gasteiger partial charge in [0.15, 0.2) is 11.5 Å². The quantitative estimate of drug-likeness (QED) is 0.657. The smallest absolute Gasteiger partial charge is 0.320 e. The Balaban J connectivity index is 1.21. The molecule has 2 aromatic carbocycles. The molecule has 0 atom stereocenters. The molecule has 3 heterocycles. The second kappa shape index (κ2) is 7.91. The van der Waals surface area contributed by atoms with E-state index < -0.39 is 5.91 Å². The number of benzene rings is 2. The average Bonchev–Trinajstić information content (AvgIpc) is 3.44. The molecule has 3 aromatic rings. The molecule has 0 saturated carbocycles. The molecule has 1 aromatic heterocycles. The van der Waals surface area contributed by atoms with Crippen LogP contribution in [-0.4, -0.2) is 49.2 Å². The van der Waals surface area contributed by atoms with Crippen molar-refractivity contribution in [3.05, 3.63) is 48.4 Å². The maximum Gasteiger partial charge on any atom is 0.320 e. The Morgan fingerprint density at radius 2 is 1.70 bits per heavy atom. The molecule has 154 valence electrons. The Hall–Kier alpha value is -3.79. The molecule has 2 aliphatic heterocycles. The normalized spacial score (nSPS) is 15.1. The van der Waals surface area contributed by atoms with Crippen LogP contribution in [0.2, 0.25) is 0 Å². The van der Waals surface area contributed by atoms with Gasteiger partial charge in [0.1, 0.15) is 0 Å². The topological polar surface area (TPSA) is 111 Å². The van der Waals surface area contributed by atoms with Crippen LogP contribution in [0, 0.1) is 0 Å². The fourth-order valence-electron chi connectivity index (χ4n) is 3.22. The van der Waals surface area contributed by atoms with Crippen molar-refractivity contribution in [3.63, 3.8) is 0 Å². The van der Waals surface area contributed by atoms with Gasteiger partial charge in [-0.15, -0.1) is 5.10 Å². The number of amides is 1. The molecule has 2 N–H and O–H groups in total. The van der Waals surface area contributed by atoms with Crippen molar-refractivity contribution in [2.24, 2.45) is 0 Å². The average molecular weight is 409 g/mol. The zero-order valence-electron chi connectivity index (χ0n) is 16.0. The lowest BCUT2D eigenvalue weighted by atomic mass is 10.2. The summed E-state index contributed by atoms with van der Waals surface area (Å²) < 4.78 is 21.4. The number of hydrogen-bond donors (Lipinski definition) is 2. The van der Waals surface area contributed by atoms with Crippen LogP contribution in [0.15, 0.2) is 46.9 Å². The molecule has 0 spiro atoms. The molecular weight excluding hydrogens is 390 g/mol. The van der Waals surface area contributed by atoms with Gasteiger partial charge in [0.25, 0.3) is 0 Å². The lowest BCUT2D eigenvalue weighted by molar-refractivity contribution is 0.0991. The minimum atomic E-state index is -0.486. The zero-order chi connectivity index (χ0) is 20.3. The molecule has 10 nitrogen and oxygen atoms in total. The van der Waals surface area contributed by atoms with E-state index >= 15 is 0 Å². The van der Waals surface area contributed by atoms with Crippen LogP contribution in [0.5, 0.6) is 11.5 Å². The first kappa shape index (κ1) is 18.3. The highest BCUT2D eigenvalue weighted by molar-refractivity contribution is 6.01. The first-order chi connectivity index (χ1) is 14.7. The third-order valence-corrected chi connectivity index (χ3v) is 4.74. The lowest BCUT2D eigenvalue weighted by Crippen LogP contribution is -2.36. The summed E-state index contributed by atoms with van der Waals surface area (Å²) in [5.74, 6) is 0.666. The van der Waals surface area contributed by atoms with Gasteiger partial charge in [-0.3, -0.25) is 4.79 Å². The van der Waals surface area contributed by atoms with Crippen molar-refractivity contribution in [2.45, 2.75) is 0 Å². The predicted molar refractivity (Wildman–Crippen MR) is 108 cm³/mol. The van der Waals surface area contributed by atoms with Crippen molar-refractivity contribution < 1.29 is 23.4 Å².